The molecule has 6 nitrogen and oxygen atoms in total. The largest absolute Gasteiger partial charge is 0.483 e. The standard InChI is InChI=1S/C21H27N3OS.CH2O2/c25-21(22-20-10-3-7-17-6-1-2-9-19(17)20)24-12-5-11-23(13-14-24)16-18-8-4-15-26-18;2-1-3/h1-2,4,6,8-9,15,20H,3,5,7,10-14,16H2,(H,22,25);1H,(H,2,3)/t20-;/m0./s1. The first-order valence-corrected chi connectivity index (χ1v) is 11.0. The van der Waals surface area contributed by atoms with Crippen LogP contribution in [0.4, 0.5) is 4.79 Å². The van der Waals surface area contributed by atoms with Gasteiger partial charge in [0.25, 0.3) is 6.47 Å². The van der Waals surface area contributed by atoms with Gasteiger partial charge in [0.15, 0.2) is 0 Å². The number of thiophene rings is 1. The second kappa shape index (κ2) is 11.0. The minimum Gasteiger partial charge on any atom is -0.483 e. The average molecular weight is 416 g/mol. The summed E-state index contributed by atoms with van der Waals surface area (Å²) in [5.74, 6) is 0. The molecule has 4 rings (SSSR count). The summed E-state index contributed by atoms with van der Waals surface area (Å²) < 4.78 is 0. The molecule has 0 radical (unpaired) electrons. The van der Waals surface area contributed by atoms with E-state index in [9.17, 15) is 4.79 Å². The van der Waals surface area contributed by atoms with Crippen molar-refractivity contribution in [1.29, 1.82) is 0 Å². The van der Waals surface area contributed by atoms with Crippen LogP contribution in [0.15, 0.2) is 41.8 Å². The number of nitrogens with zero attached hydrogens (tertiary/aromatic N) is 2. The van der Waals surface area contributed by atoms with Crippen LogP contribution in [0.25, 0.3) is 0 Å². The summed E-state index contributed by atoms with van der Waals surface area (Å²) in [5.41, 5.74) is 2.70. The molecule has 0 spiro atoms. The van der Waals surface area contributed by atoms with E-state index in [1.165, 1.54) is 16.0 Å². The number of fused-ring (bicyclic) bond motifs is 1. The number of hydrogen-bond acceptors (Lipinski definition) is 4. The quantitative estimate of drug-likeness (QED) is 0.749. The first kappa shape index (κ1) is 21.3. The van der Waals surface area contributed by atoms with Crippen LogP contribution in [0.3, 0.4) is 0 Å². The summed E-state index contributed by atoms with van der Waals surface area (Å²) in [6.07, 6.45) is 4.36. The molecule has 1 saturated heterocycles. The van der Waals surface area contributed by atoms with Crippen LogP contribution >= 0.6 is 11.3 Å². The maximum Gasteiger partial charge on any atom is 0.317 e. The molecule has 7 heteroatoms. The Morgan fingerprint density at radius 3 is 2.76 bits per heavy atom. The summed E-state index contributed by atoms with van der Waals surface area (Å²) in [6.45, 7) is 4.43. The van der Waals surface area contributed by atoms with E-state index in [1.807, 2.05) is 16.2 Å². The second-order valence-electron chi connectivity index (χ2n) is 7.39. The molecular weight excluding hydrogens is 386 g/mol. The van der Waals surface area contributed by atoms with Gasteiger partial charge in [-0.3, -0.25) is 9.69 Å². The fraction of sp³-hybridized carbons (Fsp3) is 0.455. The number of carbonyl (C=O) groups excluding carboxylic acids is 1. The highest BCUT2D eigenvalue weighted by molar-refractivity contribution is 7.09. The predicted octanol–water partition coefficient (Wildman–Crippen LogP) is 3.74. The van der Waals surface area contributed by atoms with Gasteiger partial charge in [0.1, 0.15) is 0 Å². The molecule has 1 fully saturated rings. The number of nitrogens with one attached hydrogen (secondary N) is 1. The summed E-state index contributed by atoms with van der Waals surface area (Å²) in [5, 5.41) is 12.3. The van der Waals surface area contributed by atoms with Gasteiger partial charge >= 0.3 is 6.03 Å². The lowest BCUT2D eigenvalue weighted by atomic mass is 9.88. The molecule has 1 aliphatic carbocycles. The van der Waals surface area contributed by atoms with Gasteiger partial charge in [0, 0.05) is 37.6 Å². The number of urea groups is 1. The van der Waals surface area contributed by atoms with Crippen LogP contribution in [-0.2, 0) is 17.8 Å². The zero-order valence-corrected chi connectivity index (χ0v) is 17.4. The molecule has 1 aliphatic heterocycles. The molecule has 0 unspecified atom stereocenters. The molecule has 29 heavy (non-hydrogen) atoms. The van der Waals surface area contributed by atoms with Crippen molar-refractivity contribution < 1.29 is 14.7 Å². The van der Waals surface area contributed by atoms with Gasteiger partial charge in [-0.15, -0.1) is 11.3 Å². The zero-order valence-electron chi connectivity index (χ0n) is 16.6. The van der Waals surface area contributed by atoms with Crippen molar-refractivity contribution in [3.8, 4) is 0 Å². The molecule has 2 aromatic rings. The van der Waals surface area contributed by atoms with Crippen molar-refractivity contribution in [2.45, 2.75) is 38.3 Å². The molecular formula is C22H29N3O3S. The Balaban J connectivity index is 0.000000755. The highest BCUT2D eigenvalue weighted by Gasteiger charge is 2.25. The van der Waals surface area contributed by atoms with Crippen molar-refractivity contribution in [3.05, 3.63) is 57.8 Å². The number of rotatable bonds is 3. The minimum absolute atomic E-state index is 0.102. The van der Waals surface area contributed by atoms with E-state index in [4.69, 9.17) is 9.90 Å². The van der Waals surface area contributed by atoms with Crippen LogP contribution < -0.4 is 5.32 Å². The average Bonchev–Trinajstić information content (AvgIpc) is 3.13. The number of amides is 2. The van der Waals surface area contributed by atoms with Gasteiger partial charge in [-0.2, -0.15) is 0 Å². The molecule has 1 aromatic heterocycles. The predicted molar refractivity (Wildman–Crippen MR) is 115 cm³/mol. The maximum atomic E-state index is 12.9. The van der Waals surface area contributed by atoms with Crippen molar-refractivity contribution in [3.63, 3.8) is 0 Å². The normalized spacial score (nSPS) is 19.3. The summed E-state index contributed by atoms with van der Waals surface area (Å²) >= 11 is 1.81. The maximum absolute atomic E-state index is 12.9. The Morgan fingerprint density at radius 1 is 1.14 bits per heavy atom. The van der Waals surface area contributed by atoms with E-state index >= 15 is 0 Å². The van der Waals surface area contributed by atoms with Gasteiger partial charge in [-0.1, -0.05) is 30.3 Å². The van der Waals surface area contributed by atoms with Crippen LogP contribution in [-0.4, -0.2) is 53.6 Å². The fourth-order valence-corrected chi connectivity index (χ4v) is 4.85. The first-order chi connectivity index (χ1) is 14.2. The number of carboxylic acid groups (broad SMARTS) is 1. The summed E-state index contributed by atoms with van der Waals surface area (Å²) in [4.78, 5) is 27.1. The van der Waals surface area contributed by atoms with E-state index in [2.05, 4.69) is 52.0 Å². The minimum atomic E-state index is -0.250. The van der Waals surface area contributed by atoms with E-state index in [0.717, 1.165) is 58.4 Å². The molecule has 1 aromatic carbocycles. The number of carbonyl (C=O) groups is 2. The lowest BCUT2D eigenvalue weighted by Gasteiger charge is -2.29. The highest BCUT2D eigenvalue weighted by Crippen LogP contribution is 2.29. The molecule has 2 amide bonds. The van der Waals surface area contributed by atoms with Crippen molar-refractivity contribution in [2.24, 2.45) is 0 Å². The summed E-state index contributed by atoms with van der Waals surface area (Å²) in [6, 6.07) is 13.1. The topological polar surface area (TPSA) is 72.9 Å². The summed E-state index contributed by atoms with van der Waals surface area (Å²) in [7, 11) is 0. The third-order valence-electron chi connectivity index (χ3n) is 5.50. The molecule has 156 valence electrons. The third kappa shape index (κ3) is 6.05. The fourth-order valence-electron chi connectivity index (χ4n) is 4.10. The molecule has 2 aliphatic rings. The molecule has 0 saturated carbocycles. The molecule has 2 heterocycles. The van der Waals surface area contributed by atoms with Crippen molar-refractivity contribution in [1.82, 2.24) is 15.1 Å². The van der Waals surface area contributed by atoms with E-state index in [0.29, 0.717) is 0 Å². The lowest BCUT2D eigenvalue weighted by Crippen LogP contribution is -2.44. The van der Waals surface area contributed by atoms with Gasteiger partial charge in [-0.25, -0.2) is 4.79 Å². The van der Waals surface area contributed by atoms with Crippen LogP contribution in [0.5, 0.6) is 0 Å². The molecule has 0 bridgehead atoms. The number of hydrogen-bond donors (Lipinski definition) is 2. The number of benzene rings is 1. The van der Waals surface area contributed by atoms with Gasteiger partial charge < -0.3 is 15.3 Å². The van der Waals surface area contributed by atoms with Crippen LogP contribution in [0, 0.1) is 0 Å². The lowest BCUT2D eigenvalue weighted by molar-refractivity contribution is -0.122. The van der Waals surface area contributed by atoms with Gasteiger partial charge in [-0.05, 0) is 48.3 Å². The zero-order chi connectivity index (χ0) is 20.5. The third-order valence-corrected chi connectivity index (χ3v) is 6.36. The van der Waals surface area contributed by atoms with Crippen molar-refractivity contribution in [2.75, 3.05) is 26.2 Å². The van der Waals surface area contributed by atoms with Crippen molar-refractivity contribution >= 4 is 23.8 Å². The van der Waals surface area contributed by atoms with E-state index < -0.39 is 0 Å². The second-order valence-corrected chi connectivity index (χ2v) is 8.43. The first-order valence-electron chi connectivity index (χ1n) is 10.2. The Bertz CT molecular complexity index is 781. The van der Waals surface area contributed by atoms with Crippen LogP contribution in [0.1, 0.15) is 41.3 Å². The SMILES string of the molecule is O=C(N[C@H]1CCCc2ccccc21)N1CCCN(Cc2cccs2)CC1.O=CO. The Morgan fingerprint density at radius 2 is 1.97 bits per heavy atom. The molecule has 2 N–H and O–H groups in total. The van der Waals surface area contributed by atoms with E-state index in [1.54, 1.807) is 0 Å². The number of aryl methyl sites for hydroxylation is 1. The Hall–Kier alpha value is -2.38. The Labute approximate surface area is 176 Å². The van der Waals surface area contributed by atoms with Gasteiger partial charge in [0.2, 0.25) is 0 Å². The van der Waals surface area contributed by atoms with Crippen LogP contribution in [0.2, 0.25) is 0 Å². The monoisotopic (exact) mass is 415 g/mol. The highest BCUT2D eigenvalue weighted by atomic mass is 32.1. The van der Waals surface area contributed by atoms with E-state index in [-0.39, 0.29) is 18.5 Å². The Kier molecular flexibility index (Phi) is 8.07. The molecule has 1 atom stereocenters. The smallest absolute Gasteiger partial charge is 0.317 e. The van der Waals surface area contributed by atoms with Gasteiger partial charge in [0.05, 0.1) is 6.04 Å².